The zero-order valence-electron chi connectivity index (χ0n) is 15.8. The number of aryl methyl sites for hydroxylation is 1. The Morgan fingerprint density at radius 1 is 1.03 bits per heavy atom. The number of hydrogen-bond acceptors (Lipinski definition) is 6. The third-order valence-corrected chi connectivity index (χ3v) is 5.02. The number of hydrogen-bond donors (Lipinski definition) is 2. The van der Waals surface area contributed by atoms with Crippen molar-refractivity contribution >= 4 is 16.6 Å². The summed E-state index contributed by atoms with van der Waals surface area (Å²) in [6.07, 6.45) is 3.52. The van der Waals surface area contributed by atoms with E-state index in [9.17, 15) is 5.11 Å². The summed E-state index contributed by atoms with van der Waals surface area (Å²) in [6.45, 7) is 2.14. The quantitative estimate of drug-likeness (QED) is 0.536. The molecule has 1 unspecified atom stereocenters. The van der Waals surface area contributed by atoms with Gasteiger partial charge in [-0.05, 0) is 36.8 Å². The molecule has 1 aliphatic heterocycles. The minimum atomic E-state index is -0.323. The molecule has 29 heavy (non-hydrogen) atoms. The summed E-state index contributed by atoms with van der Waals surface area (Å²) in [7, 11) is 0. The summed E-state index contributed by atoms with van der Waals surface area (Å²) >= 11 is 0. The Labute approximate surface area is 167 Å². The van der Waals surface area contributed by atoms with E-state index in [0.717, 1.165) is 33.6 Å². The average Bonchev–Trinajstić information content (AvgIpc) is 3.22. The standard InChI is InChI=1S/C23H19N3O3/c1-14-4-5-15-6-8-18(23(27)22(15)25-14)21(16-3-2-10-24-12-16)26-17-7-9-19-20(11-17)29-13-28-19/h2-12,21,26-27H,13H2,1H3. The van der Waals surface area contributed by atoms with Gasteiger partial charge in [0, 0.05) is 40.8 Å². The first-order valence-corrected chi connectivity index (χ1v) is 9.34. The number of nitrogens with one attached hydrogen (secondary N) is 1. The van der Waals surface area contributed by atoms with Gasteiger partial charge in [0.15, 0.2) is 11.5 Å². The highest BCUT2D eigenvalue weighted by Crippen LogP contribution is 2.39. The molecule has 3 heterocycles. The molecule has 6 nitrogen and oxygen atoms in total. The van der Waals surface area contributed by atoms with Crippen molar-refractivity contribution in [3.8, 4) is 17.2 Å². The predicted octanol–water partition coefficient (Wildman–Crippen LogP) is 4.57. The van der Waals surface area contributed by atoms with E-state index in [1.807, 2.05) is 61.5 Å². The molecule has 2 N–H and O–H groups in total. The van der Waals surface area contributed by atoms with Gasteiger partial charge >= 0.3 is 0 Å². The molecule has 2 aromatic heterocycles. The summed E-state index contributed by atoms with van der Waals surface area (Å²) in [4.78, 5) is 8.79. The summed E-state index contributed by atoms with van der Waals surface area (Å²) < 4.78 is 10.9. The Bertz CT molecular complexity index is 1190. The second-order valence-electron chi connectivity index (χ2n) is 6.96. The van der Waals surface area contributed by atoms with Crippen LogP contribution in [0, 0.1) is 6.92 Å². The smallest absolute Gasteiger partial charge is 0.231 e. The predicted molar refractivity (Wildman–Crippen MR) is 110 cm³/mol. The lowest BCUT2D eigenvalue weighted by atomic mass is 9.97. The van der Waals surface area contributed by atoms with Gasteiger partial charge in [0.25, 0.3) is 0 Å². The number of aromatic nitrogens is 2. The van der Waals surface area contributed by atoms with E-state index in [-0.39, 0.29) is 18.6 Å². The summed E-state index contributed by atoms with van der Waals surface area (Å²) in [6, 6.07) is 17.0. The van der Waals surface area contributed by atoms with Crippen molar-refractivity contribution in [2.45, 2.75) is 13.0 Å². The highest BCUT2D eigenvalue weighted by molar-refractivity contribution is 5.86. The number of ether oxygens (including phenoxy) is 2. The Hall–Kier alpha value is -3.80. The van der Waals surface area contributed by atoms with Crippen LogP contribution in [0.2, 0.25) is 0 Å². The molecule has 2 aromatic carbocycles. The minimum absolute atomic E-state index is 0.160. The third-order valence-electron chi connectivity index (χ3n) is 5.02. The van der Waals surface area contributed by atoms with Gasteiger partial charge in [0.1, 0.15) is 11.3 Å². The lowest BCUT2D eigenvalue weighted by molar-refractivity contribution is 0.174. The number of anilines is 1. The van der Waals surface area contributed by atoms with Gasteiger partial charge in [-0.15, -0.1) is 0 Å². The number of pyridine rings is 2. The van der Waals surface area contributed by atoms with E-state index in [2.05, 4.69) is 15.3 Å². The van der Waals surface area contributed by atoms with Gasteiger partial charge in [-0.2, -0.15) is 0 Å². The fraction of sp³-hybridized carbons (Fsp3) is 0.130. The van der Waals surface area contributed by atoms with Crippen LogP contribution in [0.25, 0.3) is 10.9 Å². The topological polar surface area (TPSA) is 76.5 Å². The van der Waals surface area contributed by atoms with Crippen LogP contribution < -0.4 is 14.8 Å². The summed E-state index contributed by atoms with van der Waals surface area (Å²) in [5, 5.41) is 15.5. The molecule has 1 atom stereocenters. The van der Waals surface area contributed by atoms with Crippen LogP contribution in [0.15, 0.2) is 67.0 Å². The second-order valence-corrected chi connectivity index (χ2v) is 6.96. The monoisotopic (exact) mass is 385 g/mol. The van der Waals surface area contributed by atoms with Gasteiger partial charge in [-0.3, -0.25) is 4.98 Å². The first-order valence-electron chi connectivity index (χ1n) is 9.34. The molecule has 1 aliphatic rings. The van der Waals surface area contributed by atoms with Gasteiger partial charge < -0.3 is 19.9 Å². The fourth-order valence-electron chi connectivity index (χ4n) is 3.56. The van der Waals surface area contributed by atoms with Crippen LogP contribution >= 0.6 is 0 Å². The van der Waals surface area contributed by atoms with Crippen molar-refractivity contribution in [3.05, 3.63) is 83.8 Å². The van der Waals surface area contributed by atoms with Crippen LogP contribution in [-0.2, 0) is 0 Å². The zero-order valence-corrected chi connectivity index (χ0v) is 15.8. The Morgan fingerprint density at radius 2 is 1.90 bits per heavy atom. The molecule has 4 aromatic rings. The normalized spacial score (nSPS) is 13.4. The first-order chi connectivity index (χ1) is 14.2. The number of phenolic OH excluding ortho intramolecular Hbond substituents is 1. The van der Waals surface area contributed by atoms with E-state index in [0.29, 0.717) is 11.3 Å². The molecular weight excluding hydrogens is 366 g/mol. The lowest BCUT2D eigenvalue weighted by Gasteiger charge is -2.22. The molecule has 0 radical (unpaired) electrons. The summed E-state index contributed by atoms with van der Waals surface area (Å²) in [5.74, 6) is 1.58. The number of phenols is 1. The van der Waals surface area contributed by atoms with Crippen LogP contribution in [0.5, 0.6) is 17.2 Å². The third kappa shape index (κ3) is 3.18. The second kappa shape index (κ2) is 6.98. The van der Waals surface area contributed by atoms with Crippen LogP contribution in [0.1, 0.15) is 22.9 Å². The SMILES string of the molecule is Cc1ccc2ccc(C(Nc3ccc4c(c3)OCO4)c3cccnc3)c(O)c2n1. The molecule has 0 saturated heterocycles. The van der Waals surface area contributed by atoms with E-state index in [1.165, 1.54) is 0 Å². The maximum absolute atomic E-state index is 11.1. The minimum Gasteiger partial charge on any atom is -0.505 e. The van der Waals surface area contributed by atoms with Gasteiger partial charge in [0.2, 0.25) is 6.79 Å². The molecule has 144 valence electrons. The molecule has 0 fully saturated rings. The van der Waals surface area contributed by atoms with E-state index in [1.54, 1.807) is 12.4 Å². The van der Waals surface area contributed by atoms with E-state index < -0.39 is 0 Å². The van der Waals surface area contributed by atoms with Crippen molar-refractivity contribution in [2.75, 3.05) is 12.1 Å². The van der Waals surface area contributed by atoms with Crippen molar-refractivity contribution in [2.24, 2.45) is 0 Å². The van der Waals surface area contributed by atoms with Crippen LogP contribution in [0.3, 0.4) is 0 Å². The van der Waals surface area contributed by atoms with E-state index >= 15 is 0 Å². The molecule has 0 spiro atoms. The van der Waals surface area contributed by atoms with Gasteiger partial charge in [-0.1, -0.05) is 24.3 Å². The number of fused-ring (bicyclic) bond motifs is 2. The summed E-state index contributed by atoms with van der Waals surface area (Å²) in [5.41, 5.74) is 3.93. The highest BCUT2D eigenvalue weighted by atomic mass is 16.7. The van der Waals surface area contributed by atoms with Crippen LogP contribution in [-0.4, -0.2) is 21.9 Å². The zero-order chi connectivity index (χ0) is 19.8. The highest BCUT2D eigenvalue weighted by Gasteiger charge is 2.21. The van der Waals surface area contributed by atoms with Crippen molar-refractivity contribution in [1.82, 2.24) is 9.97 Å². The maximum atomic E-state index is 11.1. The largest absolute Gasteiger partial charge is 0.505 e. The fourth-order valence-corrected chi connectivity index (χ4v) is 3.56. The van der Waals surface area contributed by atoms with Crippen molar-refractivity contribution in [3.63, 3.8) is 0 Å². The van der Waals surface area contributed by atoms with Gasteiger partial charge in [0.05, 0.1) is 6.04 Å². The van der Waals surface area contributed by atoms with Crippen LogP contribution in [0.4, 0.5) is 5.69 Å². The number of benzene rings is 2. The number of aromatic hydroxyl groups is 1. The number of nitrogens with zero attached hydrogens (tertiary/aromatic N) is 2. The Balaban J connectivity index is 1.61. The average molecular weight is 385 g/mol. The maximum Gasteiger partial charge on any atom is 0.231 e. The molecule has 0 amide bonds. The van der Waals surface area contributed by atoms with Gasteiger partial charge in [-0.25, -0.2) is 4.98 Å². The molecule has 6 heteroatoms. The molecule has 5 rings (SSSR count). The first kappa shape index (κ1) is 17.3. The number of rotatable bonds is 4. The molecule has 0 aliphatic carbocycles. The Morgan fingerprint density at radius 3 is 2.76 bits per heavy atom. The Kier molecular flexibility index (Phi) is 4.17. The molecule has 0 saturated carbocycles. The van der Waals surface area contributed by atoms with Crippen molar-refractivity contribution < 1.29 is 14.6 Å². The van der Waals surface area contributed by atoms with Crippen molar-refractivity contribution in [1.29, 1.82) is 0 Å². The molecular formula is C23H19N3O3. The van der Waals surface area contributed by atoms with E-state index in [4.69, 9.17) is 9.47 Å². The lowest BCUT2D eigenvalue weighted by Crippen LogP contribution is -2.13. The molecule has 0 bridgehead atoms.